The standard InChI is InChI=1S/C27H26N2O5/c1-19(22-11-7-4-8-12-22)29-25(31)27(34-26(29)32,17-20-9-5-3-6-10-20)24(30)28-18-21-13-15-23(33-2)16-14-21/h3-16,19H,17-18H2,1-2H3,(H,28,30)/t19-,27-/m1/s1. The van der Waals surface area contributed by atoms with E-state index in [2.05, 4.69) is 5.32 Å². The quantitative estimate of drug-likeness (QED) is 0.515. The van der Waals surface area contributed by atoms with Gasteiger partial charge in [-0.15, -0.1) is 0 Å². The van der Waals surface area contributed by atoms with Crippen LogP contribution in [0, 0.1) is 0 Å². The minimum Gasteiger partial charge on any atom is -0.497 e. The normalized spacial score (nSPS) is 18.4. The van der Waals surface area contributed by atoms with Gasteiger partial charge in [0.2, 0.25) is 0 Å². The topological polar surface area (TPSA) is 84.9 Å². The summed E-state index contributed by atoms with van der Waals surface area (Å²) in [6.07, 6.45) is -0.901. The summed E-state index contributed by atoms with van der Waals surface area (Å²) in [5.74, 6) is -0.640. The molecule has 7 nitrogen and oxygen atoms in total. The zero-order valence-corrected chi connectivity index (χ0v) is 19.1. The molecule has 0 unspecified atom stereocenters. The Bertz CT molecular complexity index is 1160. The summed E-state index contributed by atoms with van der Waals surface area (Å²) >= 11 is 0. The lowest BCUT2D eigenvalue weighted by atomic mass is 9.91. The van der Waals surface area contributed by atoms with Crippen LogP contribution in [0.2, 0.25) is 0 Å². The van der Waals surface area contributed by atoms with Crippen molar-refractivity contribution in [3.8, 4) is 5.75 Å². The summed E-state index contributed by atoms with van der Waals surface area (Å²) in [5, 5.41) is 2.79. The number of nitrogens with one attached hydrogen (secondary N) is 1. The lowest BCUT2D eigenvalue weighted by Crippen LogP contribution is -2.55. The molecule has 34 heavy (non-hydrogen) atoms. The molecule has 7 heteroatoms. The molecule has 3 aromatic rings. The fourth-order valence-corrected chi connectivity index (χ4v) is 4.02. The third kappa shape index (κ3) is 4.50. The van der Waals surface area contributed by atoms with Gasteiger partial charge in [-0.25, -0.2) is 9.69 Å². The molecule has 0 aromatic heterocycles. The van der Waals surface area contributed by atoms with Gasteiger partial charge < -0.3 is 14.8 Å². The SMILES string of the molecule is COc1ccc(CNC(=O)[C@@]2(Cc3ccccc3)OC(=O)N([C@H](C)c3ccccc3)C2=O)cc1. The molecule has 3 amide bonds. The first-order valence-electron chi connectivity index (χ1n) is 11.0. The molecular formula is C27H26N2O5. The zero-order chi connectivity index (χ0) is 24.1. The Morgan fingerprint density at radius 3 is 2.18 bits per heavy atom. The third-order valence-electron chi connectivity index (χ3n) is 5.97. The van der Waals surface area contributed by atoms with Crippen molar-refractivity contribution < 1.29 is 23.9 Å². The minimum atomic E-state index is -1.99. The first kappa shape index (κ1) is 23.0. The molecule has 1 aliphatic rings. The second kappa shape index (κ2) is 9.79. The molecule has 1 N–H and O–H groups in total. The van der Waals surface area contributed by atoms with Gasteiger partial charge >= 0.3 is 6.09 Å². The number of rotatable bonds is 8. The Morgan fingerprint density at radius 2 is 1.56 bits per heavy atom. The average Bonchev–Trinajstić information content (AvgIpc) is 3.13. The average molecular weight is 459 g/mol. The van der Waals surface area contributed by atoms with E-state index >= 15 is 0 Å². The van der Waals surface area contributed by atoms with Gasteiger partial charge in [-0.1, -0.05) is 72.8 Å². The van der Waals surface area contributed by atoms with Crippen LogP contribution < -0.4 is 10.1 Å². The fraction of sp³-hybridized carbons (Fsp3) is 0.222. The highest BCUT2D eigenvalue weighted by Gasteiger charge is 2.60. The van der Waals surface area contributed by atoms with Crippen LogP contribution in [-0.2, 0) is 27.3 Å². The Morgan fingerprint density at radius 1 is 0.941 bits per heavy atom. The van der Waals surface area contributed by atoms with Crippen molar-refractivity contribution >= 4 is 17.9 Å². The van der Waals surface area contributed by atoms with Gasteiger partial charge in [0.15, 0.2) is 0 Å². The van der Waals surface area contributed by atoms with E-state index in [9.17, 15) is 14.4 Å². The lowest BCUT2D eigenvalue weighted by Gasteiger charge is -2.25. The third-order valence-corrected chi connectivity index (χ3v) is 5.97. The van der Waals surface area contributed by atoms with Crippen LogP contribution in [0.25, 0.3) is 0 Å². The monoisotopic (exact) mass is 458 g/mol. The summed E-state index contributed by atoms with van der Waals surface area (Å²) in [4.78, 5) is 41.1. The van der Waals surface area contributed by atoms with Crippen LogP contribution in [0.15, 0.2) is 84.9 Å². The Balaban J connectivity index is 1.62. The van der Waals surface area contributed by atoms with Gasteiger partial charge in [0, 0.05) is 13.0 Å². The van der Waals surface area contributed by atoms with E-state index in [0.29, 0.717) is 11.3 Å². The van der Waals surface area contributed by atoms with Gasteiger partial charge in [0.1, 0.15) is 5.75 Å². The maximum atomic E-state index is 13.7. The van der Waals surface area contributed by atoms with E-state index in [4.69, 9.17) is 9.47 Å². The zero-order valence-electron chi connectivity index (χ0n) is 19.1. The predicted molar refractivity (Wildman–Crippen MR) is 126 cm³/mol. The van der Waals surface area contributed by atoms with Crippen molar-refractivity contribution in [1.29, 1.82) is 0 Å². The van der Waals surface area contributed by atoms with Gasteiger partial charge in [-0.3, -0.25) is 9.59 Å². The number of carbonyl (C=O) groups excluding carboxylic acids is 3. The molecule has 0 radical (unpaired) electrons. The number of amides is 3. The van der Waals surface area contributed by atoms with Crippen LogP contribution in [0.4, 0.5) is 4.79 Å². The maximum absolute atomic E-state index is 13.7. The Labute approximate surface area is 198 Å². The Hall–Kier alpha value is -4.13. The van der Waals surface area contributed by atoms with E-state index in [1.807, 2.05) is 60.7 Å². The molecule has 1 fully saturated rings. The number of carbonyl (C=O) groups is 3. The second-order valence-electron chi connectivity index (χ2n) is 8.15. The fourth-order valence-electron chi connectivity index (χ4n) is 4.02. The molecule has 1 saturated heterocycles. The molecule has 0 bridgehead atoms. The number of nitrogens with zero attached hydrogens (tertiary/aromatic N) is 1. The summed E-state index contributed by atoms with van der Waals surface area (Å²) < 4.78 is 10.8. The van der Waals surface area contributed by atoms with Crippen molar-refractivity contribution in [2.24, 2.45) is 0 Å². The molecule has 4 rings (SSSR count). The molecule has 0 spiro atoms. The molecule has 0 saturated carbocycles. The van der Waals surface area contributed by atoms with Gasteiger partial charge in [-0.05, 0) is 35.7 Å². The maximum Gasteiger partial charge on any atom is 0.418 e. The lowest BCUT2D eigenvalue weighted by molar-refractivity contribution is -0.150. The highest BCUT2D eigenvalue weighted by Crippen LogP contribution is 2.35. The van der Waals surface area contributed by atoms with E-state index in [1.165, 1.54) is 0 Å². The summed E-state index contributed by atoms with van der Waals surface area (Å²) in [6, 6.07) is 24.8. The number of ether oxygens (including phenoxy) is 2. The summed E-state index contributed by atoms with van der Waals surface area (Å²) in [7, 11) is 1.58. The molecule has 3 aromatic carbocycles. The largest absolute Gasteiger partial charge is 0.497 e. The first-order valence-corrected chi connectivity index (χ1v) is 11.0. The predicted octanol–water partition coefficient (Wildman–Crippen LogP) is 4.03. The minimum absolute atomic E-state index is 0.0646. The van der Waals surface area contributed by atoms with Crippen molar-refractivity contribution in [2.75, 3.05) is 7.11 Å². The van der Waals surface area contributed by atoms with Crippen LogP contribution in [0.5, 0.6) is 5.75 Å². The van der Waals surface area contributed by atoms with Crippen LogP contribution in [0.1, 0.15) is 29.7 Å². The number of methoxy groups -OCH3 is 1. The van der Waals surface area contributed by atoms with Gasteiger partial charge in [0.25, 0.3) is 17.4 Å². The molecule has 2 atom stereocenters. The Kier molecular flexibility index (Phi) is 6.63. The van der Waals surface area contributed by atoms with Gasteiger partial charge in [0.05, 0.1) is 13.2 Å². The molecule has 1 heterocycles. The van der Waals surface area contributed by atoms with E-state index in [0.717, 1.165) is 16.0 Å². The smallest absolute Gasteiger partial charge is 0.418 e. The summed E-state index contributed by atoms with van der Waals surface area (Å²) in [5.41, 5.74) is 0.295. The van der Waals surface area contributed by atoms with Crippen molar-refractivity contribution in [3.05, 3.63) is 102 Å². The van der Waals surface area contributed by atoms with Crippen molar-refractivity contribution in [2.45, 2.75) is 31.5 Å². The molecule has 0 aliphatic carbocycles. The first-order chi connectivity index (χ1) is 16.4. The van der Waals surface area contributed by atoms with Crippen LogP contribution in [-0.4, -0.2) is 35.5 Å². The number of imide groups is 1. The molecule has 174 valence electrons. The second-order valence-corrected chi connectivity index (χ2v) is 8.15. The van der Waals surface area contributed by atoms with Crippen molar-refractivity contribution in [1.82, 2.24) is 10.2 Å². The number of hydrogen-bond acceptors (Lipinski definition) is 5. The van der Waals surface area contributed by atoms with Gasteiger partial charge in [-0.2, -0.15) is 0 Å². The number of hydrogen-bond donors (Lipinski definition) is 1. The molecular weight excluding hydrogens is 432 g/mol. The van der Waals surface area contributed by atoms with Crippen molar-refractivity contribution in [3.63, 3.8) is 0 Å². The number of benzene rings is 3. The van der Waals surface area contributed by atoms with E-state index in [-0.39, 0.29) is 13.0 Å². The number of cyclic esters (lactones) is 1. The molecule has 1 aliphatic heterocycles. The highest BCUT2D eigenvalue weighted by molar-refractivity contribution is 6.17. The summed E-state index contributed by atoms with van der Waals surface area (Å²) in [6.45, 7) is 1.90. The van der Waals surface area contributed by atoms with E-state index in [1.54, 1.807) is 38.3 Å². The van der Waals surface area contributed by atoms with Crippen LogP contribution in [0.3, 0.4) is 0 Å². The van der Waals surface area contributed by atoms with E-state index < -0.39 is 29.6 Å². The highest BCUT2D eigenvalue weighted by atomic mass is 16.6. The van der Waals surface area contributed by atoms with Crippen LogP contribution >= 0.6 is 0 Å².